The second-order valence-corrected chi connectivity index (χ2v) is 9.37. The summed E-state index contributed by atoms with van der Waals surface area (Å²) in [6, 6.07) is 14.6. The molecule has 7 N–H and O–H groups in total. The Labute approximate surface area is 214 Å². The first-order valence-corrected chi connectivity index (χ1v) is 12.3. The van der Waals surface area contributed by atoms with E-state index in [1.54, 1.807) is 6.20 Å². The summed E-state index contributed by atoms with van der Waals surface area (Å²) in [5.41, 5.74) is 8.13. The molecule has 10 heteroatoms. The highest BCUT2D eigenvalue weighted by Crippen LogP contribution is 2.20. The van der Waals surface area contributed by atoms with Crippen LogP contribution in [0.2, 0.25) is 0 Å². The van der Waals surface area contributed by atoms with Crippen LogP contribution in [-0.2, 0) is 32.1 Å². The number of aliphatic hydroxyl groups is 1. The molecule has 1 saturated heterocycles. The van der Waals surface area contributed by atoms with Crippen LogP contribution in [-0.4, -0.2) is 64.7 Å². The number of primary amides is 1. The molecule has 0 saturated carbocycles. The van der Waals surface area contributed by atoms with Gasteiger partial charge in [-0.3, -0.25) is 14.4 Å². The van der Waals surface area contributed by atoms with Gasteiger partial charge < -0.3 is 36.5 Å². The second-order valence-electron chi connectivity index (χ2n) is 9.37. The summed E-state index contributed by atoms with van der Waals surface area (Å²) in [7, 11) is 0. The first-order valence-electron chi connectivity index (χ1n) is 12.3. The Balaban J connectivity index is 1.43. The molecule has 3 amide bonds. The van der Waals surface area contributed by atoms with Gasteiger partial charge in [0, 0.05) is 30.1 Å². The highest BCUT2D eigenvalue weighted by Gasteiger charge is 2.34. The number of nitrogens with two attached hydrogens (primary N) is 1. The Morgan fingerprint density at radius 1 is 1.11 bits per heavy atom. The zero-order valence-electron chi connectivity index (χ0n) is 20.6. The van der Waals surface area contributed by atoms with Crippen molar-refractivity contribution in [1.82, 2.24) is 20.9 Å². The number of aliphatic hydroxyl groups excluding tert-OH is 1. The lowest BCUT2D eigenvalue weighted by Gasteiger charge is -2.24. The molecule has 1 aliphatic heterocycles. The number of rotatable bonds is 11. The summed E-state index contributed by atoms with van der Waals surface area (Å²) in [6.07, 6.45) is 1.08. The van der Waals surface area contributed by atoms with E-state index in [-0.39, 0.29) is 18.4 Å². The standard InChI is InChI=1S/C27H33N5O5/c1-16(33)24(25(28)34)32-27(36)23(11-18-13-29-21-10-6-5-9-20(18)21)31-26(35)22-12-19(14-30-22)37-15-17-7-3-2-4-8-17/h2-10,13,16,19,22-24,29-30,33H,11-12,14-15H2,1H3,(H2,28,34)(H,31,35)(H,32,36)/t16-,19-,22+,23?,24+/m1/s1. The maximum Gasteiger partial charge on any atom is 0.243 e. The number of nitrogens with one attached hydrogen (secondary N) is 4. The summed E-state index contributed by atoms with van der Waals surface area (Å²) in [5.74, 6) is -1.83. The summed E-state index contributed by atoms with van der Waals surface area (Å²) in [6.45, 7) is 2.32. The quantitative estimate of drug-likeness (QED) is 0.222. The lowest BCUT2D eigenvalue weighted by Crippen LogP contribution is -2.58. The summed E-state index contributed by atoms with van der Waals surface area (Å²) in [4.78, 5) is 41.3. The van der Waals surface area contributed by atoms with Gasteiger partial charge in [-0.2, -0.15) is 0 Å². The fourth-order valence-electron chi connectivity index (χ4n) is 4.50. The van der Waals surface area contributed by atoms with Crippen molar-refractivity contribution in [3.8, 4) is 0 Å². The zero-order valence-corrected chi connectivity index (χ0v) is 20.6. The van der Waals surface area contributed by atoms with Crippen LogP contribution in [0.5, 0.6) is 0 Å². The van der Waals surface area contributed by atoms with Gasteiger partial charge in [0.1, 0.15) is 12.1 Å². The minimum absolute atomic E-state index is 0.147. The number of hydrogen-bond acceptors (Lipinski definition) is 6. The van der Waals surface area contributed by atoms with Crippen molar-refractivity contribution in [3.05, 3.63) is 71.9 Å². The number of aromatic nitrogens is 1. The third-order valence-electron chi connectivity index (χ3n) is 6.55. The largest absolute Gasteiger partial charge is 0.391 e. The first kappa shape index (κ1) is 26.3. The molecule has 5 atom stereocenters. The normalized spacial score (nSPS) is 19.7. The number of aromatic amines is 1. The number of benzene rings is 2. The highest BCUT2D eigenvalue weighted by molar-refractivity contribution is 5.94. The number of H-pyrrole nitrogens is 1. The summed E-state index contributed by atoms with van der Waals surface area (Å²) in [5, 5.41) is 19.3. The van der Waals surface area contributed by atoms with Crippen molar-refractivity contribution in [2.24, 2.45) is 5.73 Å². The summed E-state index contributed by atoms with van der Waals surface area (Å²) >= 11 is 0. The fourth-order valence-corrected chi connectivity index (χ4v) is 4.50. The molecular weight excluding hydrogens is 474 g/mol. The van der Waals surface area contributed by atoms with Gasteiger partial charge in [-0.05, 0) is 30.5 Å². The summed E-state index contributed by atoms with van der Waals surface area (Å²) < 4.78 is 5.96. The maximum absolute atomic E-state index is 13.2. The van der Waals surface area contributed by atoms with Crippen molar-refractivity contribution in [2.75, 3.05) is 6.54 Å². The molecule has 196 valence electrons. The number of ether oxygens (including phenoxy) is 1. The molecule has 1 fully saturated rings. The van der Waals surface area contributed by atoms with Crippen LogP contribution < -0.4 is 21.7 Å². The van der Waals surface area contributed by atoms with Crippen molar-refractivity contribution < 1.29 is 24.2 Å². The Morgan fingerprint density at radius 2 is 1.84 bits per heavy atom. The Kier molecular flexibility index (Phi) is 8.54. The van der Waals surface area contributed by atoms with Crippen molar-refractivity contribution in [3.63, 3.8) is 0 Å². The van der Waals surface area contributed by atoms with Crippen LogP contribution >= 0.6 is 0 Å². The number of fused-ring (bicyclic) bond motifs is 1. The molecule has 3 aromatic rings. The molecular formula is C27H33N5O5. The second kappa shape index (κ2) is 12.0. The van der Waals surface area contributed by atoms with Crippen LogP contribution in [0.1, 0.15) is 24.5 Å². The molecule has 0 radical (unpaired) electrons. The molecule has 0 aliphatic carbocycles. The zero-order chi connectivity index (χ0) is 26.4. The van der Waals surface area contributed by atoms with Crippen LogP contribution in [0.15, 0.2) is 60.8 Å². The van der Waals surface area contributed by atoms with Crippen molar-refractivity contribution in [2.45, 2.75) is 56.7 Å². The topological polar surface area (TPSA) is 159 Å². The van der Waals surface area contributed by atoms with E-state index in [9.17, 15) is 19.5 Å². The van der Waals surface area contributed by atoms with Gasteiger partial charge in [0.15, 0.2) is 0 Å². The van der Waals surface area contributed by atoms with Gasteiger partial charge >= 0.3 is 0 Å². The van der Waals surface area contributed by atoms with Gasteiger partial charge in [-0.25, -0.2) is 0 Å². The van der Waals surface area contributed by atoms with Gasteiger partial charge in [0.25, 0.3) is 0 Å². The lowest BCUT2D eigenvalue weighted by atomic mass is 10.0. The number of amides is 3. The maximum atomic E-state index is 13.2. The lowest BCUT2D eigenvalue weighted by molar-refractivity contribution is -0.133. The predicted octanol–water partition coefficient (Wildman–Crippen LogP) is 0.493. The van der Waals surface area contributed by atoms with E-state index in [4.69, 9.17) is 10.5 Å². The van der Waals surface area contributed by atoms with E-state index < -0.39 is 36.0 Å². The SMILES string of the molecule is C[C@@H](O)[C@H](NC(=O)C(Cc1c[nH]c2ccccc12)NC(=O)[C@@H]1C[C@@H](OCc2ccccc2)CN1)C(N)=O. The van der Waals surface area contributed by atoms with Gasteiger partial charge in [-0.15, -0.1) is 0 Å². The molecule has 37 heavy (non-hydrogen) atoms. The van der Waals surface area contributed by atoms with E-state index in [0.29, 0.717) is 19.6 Å². The average molecular weight is 508 g/mol. The molecule has 0 spiro atoms. The smallest absolute Gasteiger partial charge is 0.243 e. The molecule has 1 unspecified atom stereocenters. The minimum Gasteiger partial charge on any atom is -0.391 e. The molecule has 1 aliphatic rings. The number of para-hydroxylation sites is 1. The van der Waals surface area contributed by atoms with E-state index in [1.807, 2.05) is 54.6 Å². The highest BCUT2D eigenvalue weighted by atomic mass is 16.5. The van der Waals surface area contributed by atoms with E-state index in [1.165, 1.54) is 6.92 Å². The molecule has 2 aromatic carbocycles. The molecule has 1 aromatic heterocycles. The molecule has 0 bridgehead atoms. The van der Waals surface area contributed by atoms with Crippen molar-refractivity contribution >= 4 is 28.6 Å². The Morgan fingerprint density at radius 3 is 2.57 bits per heavy atom. The average Bonchev–Trinajstić information content (AvgIpc) is 3.53. The molecule has 4 rings (SSSR count). The monoisotopic (exact) mass is 507 g/mol. The van der Waals surface area contributed by atoms with E-state index in [2.05, 4.69) is 20.9 Å². The third-order valence-corrected chi connectivity index (χ3v) is 6.55. The van der Waals surface area contributed by atoms with Gasteiger partial charge in [0.2, 0.25) is 17.7 Å². The van der Waals surface area contributed by atoms with Crippen LogP contribution in [0.25, 0.3) is 10.9 Å². The number of hydrogen-bond donors (Lipinski definition) is 6. The van der Waals surface area contributed by atoms with E-state index >= 15 is 0 Å². The first-order chi connectivity index (χ1) is 17.8. The van der Waals surface area contributed by atoms with Crippen molar-refractivity contribution in [1.29, 1.82) is 0 Å². The number of carbonyl (C=O) groups excluding carboxylic acids is 3. The van der Waals surface area contributed by atoms with Crippen LogP contribution in [0.3, 0.4) is 0 Å². The van der Waals surface area contributed by atoms with E-state index in [0.717, 1.165) is 22.0 Å². The minimum atomic E-state index is -1.28. The van der Waals surface area contributed by atoms with Gasteiger partial charge in [-0.1, -0.05) is 48.5 Å². The Hall–Kier alpha value is -3.73. The van der Waals surface area contributed by atoms with Crippen LogP contribution in [0, 0.1) is 0 Å². The predicted molar refractivity (Wildman–Crippen MR) is 138 cm³/mol. The third kappa shape index (κ3) is 6.73. The molecule has 2 heterocycles. The molecule has 10 nitrogen and oxygen atoms in total. The number of carbonyl (C=O) groups is 3. The van der Waals surface area contributed by atoms with Crippen LogP contribution in [0.4, 0.5) is 0 Å². The van der Waals surface area contributed by atoms with Gasteiger partial charge in [0.05, 0.1) is 24.9 Å². The Bertz CT molecular complexity index is 1230. The fraction of sp³-hybridized carbons (Fsp3) is 0.370.